The zero-order valence-corrected chi connectivity index (χ0v) is 6.80. The molecule has 1 aromatic heterocycles. The molecule has 2 nitrogen and oxygen atoms in total. The van der Waals surface area contributed by atoms with Gasteiger partial charge in [-0.3, -0.25) is 0 Å². The van der Waals surface area contributed by atoms with E-state index in [2.05, 4.69) is 10.3 Å². The number of hydrogen-bond acceptors (Lipinski definition) is 2. The molecular formula is C8H9ClN2. The average molecular weight is 169 g/mol. The van der Waals surface area contributed by atoms with Crippen LogP contribution in [-0.2, 0) is 0 Å². The van der Waals surface area contributed by atoms with E-state index < -0.39 is 0 Å². The second-order valence-electron chi connectivity index (χ2n) is 2.76. The summed E-state index contributed by atoms with van der Waals surface area (Å²) >= 11 is 5.82. The average Bonchev–Trinajstić information content (AvgIpc) is 2.78. The molecule has 0 radical (unpaired) electrons. The van der Waals surface area contributed by atoms with Gasteiger partial charge in [-0.15, -0.1) is 0 Å². The summed E-state index contributed by atoms with van der Waals surface area (Å²) in [6.45, 7) is 0. The Morgan fingerprint density at radius 1 is 1.55 bits per heavy atom. The highest BCUT2D eigenvalue weighted by molar-refractivity contribution is 6.31. The largest absolute Gasteiger partial charge is 0.380 e. The molecule has 0 atom stereocenters. The Bertz CT molecular complexity index is 258. The maximum Gasteiger partial charge on any atom is 0.152 e. The van der Waals surface area contributed by atoms with Crippen molar-refractivity contribution in [2.45, 2.75) is 18.9 Å². The van der Waals surface area contributed by atoms with Gasteiger partial charge in [0.15, 0.2) is 5.15 Å². The minimum Gasteiger partial charge on any atom is -0.380 e. The number of rotatable bonds is 2. The molecule has 1 aliphatic carbocycles. The first-order chi connectivity index (χ1) is 5.36. The molecule has 0 saturated heterocycles. The summed E-state index contributed by atoms with van der Waals surface area (Å²) in [7, 11) is 0. The lowest BCUT2D eigenvalue weighted by Gasteiger charge is -2.03. The van der Waals surface area contributed by atoms with E-state index in [1.54, 1.807) is 6.20 Å². The van der Waals surface area contributed by atoms with Gasteiger partial charge in [0, 0.05) is 12.2 Å². The van der Waals surface area contributed by atoms with Crippen LogP contribution in [0, 0.1) is 0 Å². The predicted octanol–water partition coefficient (Wildman–Crippen LogP) is 2.31. The summed E-state index contributed by atoms with van der Waals surface area (Å²) in [5, 5.41) is 3.86. The van der Waals surface area contributed by atoms with Crippen LogP contribution in [0.3, 0.4) is 0 Å². The van der Waals surface area contributed by atoms with Crippen LogP contribution in [0.5, 0.6) is 0 Å². The smallest absolute Gasteiger partial charge is 0.152 e. The molecule has 0 spiro atoms. The van der Waals surface area contributed by atoms with Crippen LogP contribution >= 0.6 is 11.6 Å². The summed E-state index contributed by atoms with van der Waals surface area (Å²) in [6.07, 6.45) is 4.21. The Labute approximate surface area is 70.6 Å². The Balaban J connectivity index is 2.15. The van der Waals surface area contributed by atoms with Gasteiger partial charge in [-0.05, 0) is 25.0 Å². The van der Waals surface area contributed by atoms with E-state index in [0.29, 0.717) is 11.2 Å². The second-order valence-corrected chi connectivity index (χ2v) is 3.12. The first-order valence-corrected chi connectivity index (χ1v) is 4.11. The maximum atomic E-state index is 5.82. The third-order valence-corrected chi connectivity index (χ3v) is 2.00. The molecule has 1 heterocycles. The van der Waals surface area contributed by atoms with Gasteiger partial charge >= 0.3 is 0 Å². The number of nitrogens with one attached hydrogen (secondary N) is 1. The molecule has 1 saturated carbocycles. The van der Waals surface area contributed by atoms with Crippen molar-refractivity contribution in [2.75, 3.05) is 5.32 Å². The fraction of sp³-hybridized carbons (Fsp3) is 0.375. The lowest BCUT2D eigenvalue weighted by molar-refractivity contribution is 1.14. The fourth-order valence-corrected chi connectivity index (χ4v) is 1.12. The third kappa shape index (κ3) is 1.63. The van der Waals surface area contributed by atoms with Crippen LogP contribution in [0.4, 0.5) is 5.69 Å². The van der Waals surface area contributed by atoms with Crippen molar-refractivity contribution in [1.29, 1.82) is 0 Å². The molecule has 3 heteroatoms. The van der Waals surface area contributed by atoms with Gasteiger partial charge in [0.2, 0.25) is 0 Å². The Morgan fingerprint density at radius 3 is 3.00 bits per heavy atom. The summed E-state index contributed by atoms with van der Waals surface area (Å²) in [5.41, 5.74) is 0.955. The highest BCUT2D eigenvalue weighted by atomic mass is 35.5. The zero-order chi connectivity index (χ0) is 7.68. The minimum absolute atomic E-state index is 0.569. The molecule has 1 fully saturated rings. The summed E-state index contributed by atoms with van der Waals surface area (Å²) in [4.78, 5) is 3.96. The highest BCUT2D eigenvalue weighted by Crippen LogP contribution is 2.27. The van der Waals surface area contributed by atoms with Crippen LogP contribution in [0.15, 0.2) is 18.3 Å². The van der Waals surface area contributed by atoms with Gasteiger partial charge in [-0.2, -0.15) is 0 Å². The third-order valence-electron chi connectivity index (χ3n) is 1.70. The monoisotopic (exact) mass is 168 g/mol. The SMILES string of the molecule is Clc1ncccc1NC1CC1. The molecule has 2 rings (SSSR count). The molecule has 0 aliphatic heterocycles. The van der Waals surface area contributed by atoms with E-state index in [-0.39, 0.29) is 0 Å². The van der Waals surface area contributed by atoms with Crippen molar-refractivity contribution in [1.82, 2.24) is 4.98 Å². The highest BCUT2D eigenvalue weighted by Gasteiger charge is 2.21. The van der Waals surface area contributed by atoms with Crippen molar-refractivity contribution in [3.05, 3.63) is 23.5 Å². The van der Waals surface area contributed by atoms with Crippen molar-refractivity contribution < 1.29 is 0 Å². The molecule has 0 bridgehead atoms. The molecular weight excluding hydrogens is 160 g/mol. The van der Waals surface area contributed by atoms with E-state index >= 15 is 0 Å². The number of halogens is 1. The lowest BCUT2D eigenvalue weighted by Crippen LogP contribution is -2.01. The molecule has 1 aromatic rings. The van der Waals surface area contributed by atoms with Crippen molar-refractivity contribution in [3.63, 3.8) is 0 Å². The molecule has 0 aromatic carbocycles. The molecule has 1 N–H and O–H groups in total. The minimum atomic E-state index is 0.569. The van der Waals surface area contributed by atoms with Crippen molar-refractivity contribution in [2.24, 2.45) is 0 Å². The van der Waals surface area contributed by atoms with Gasteiger partial charge in [-0.1, -0.05) is 11.6 Å². The number of aromatic nitrogens is 1. The van der Waals surface area contributed by atoms with E-state index in [1.807, 2.05) is 12.1 Å². The Morgan fingerprint density at radius 2 is 2.36 bits per heavy atom. The summed E-state index contributed by atoms with van der Waals surface area (Å²) in [5.74, 6) is 0. The van der Waals surface area contributed by atoms with Crippen LogP contribution in [0.1, 0.15) is 12.8 Å². The van der Waals surface area contributed by atoms with Crippen molar-refractivity contribution >= 4 is 17.3 Å². The fourth-order valence-electron chi connectivity index (χ4n) is 0.941. The molecule has 0 amide bonds. The number of hydrogen-bond donors (Lipinski definition) is 1. The quantitative estimate of drug-likeness (QED) is 0.686. The topological polar surface area (TPSA) is 24.9 Å². The molecule has 58 valence electrons. The van der Waals surface area contributed by atoms with Crippen LogP contribution in [0.2, 0.25) is 5.15 Å². The number of anilines is 1. The first-order valence-electron chi connectivity index (χ1n) is 3.73. The van der Waals surface area contributed by atoms with Crippen LogP contribution in [0.25, 0.3) is 0 Å². The Hall–Kier alpha value is -0.760. The lowest BCUT2D eigenvalue weighted by atomic mass is 10.4. The van der Waals surface area contributed by atoms with Gasteiger partial charge in [0.25, 0.3) is 0 Å². The van der Waals surface area contributed by atoms with Crippen LogP contribution < -0.4 is 5.32 Å². The van der Waals surface area contributed by atoms with Gasteiger partial charge in [-0.25, -0.2) is 4.98 Å². The molecule has 1 aliphatic rings. The standard InChI is InChI=1S/C8H9ClN2/c9-8-7(2-1-5-10-8)11-6-3-4-6/h1-2,5-6,11H,3-4H2. The molecule has 0 unspecified atom stereocenters. The second kappa shape index (κ2) is 2.70. The van der Waals surface area contributed by atoms with E-state index in [9.17, 15) is 0 Å². The normalized spacial score (nSPS) is 16.5. The van der Waals surface area contributed by atoms with E-state index in [4.69, 9.17) is 11.6 Å². The van der Waals surface area contributed by atoms with Crippen LogP contribution in [-0.4, -0.2) is 11.0 Å². The predicted molar refractivity (Wildman–Crippen MR) is 45.9 cm³/mol. The first kappa shape index (κ1) is 6.92. The number of nitrogens with zero attached hydrogens (tertiary/aromatic N) is 1. The Kier molecular flexibility index (Phi) is 1.70. The summed E-state index contributed by atoms with van der Waals surface area (Å²) < 4.78 is 0. The van der Waals surface area contributed by atoms with Gasteiger partial charge < -0.3 is 5.32 Å². The van der Waals surface area contributed by atoms with Gasteiger partial charge in [0.05, 0.1) is 5.69 Å². The number of pyridine rings is 1. The van der Waals surface area contributed by atoms with E-state index in [1.165, 1.54) is 12.8 Å². The zero-order valence-electron chi connectivity index (χ0n) is 6.05. The summed E-state index contributed by atoms with van der Waals surface area (Å²) in [6, 6.07) is 4.47. The van der Waals surface area contributed by atoms with E-state index in [0.717, 1.165) is 5.69 Å². The van der Waals surface area contributed by atoms with Crippen molar-refractivity contribution in [3.8, 4) is 0 Å². The maximum absolute atomic E-state index is 5.82. The van der Waals surface area contributed by atoms with Gasteiger partial charge in [0.1, 0.15) is 0 Å². The molecule has 11 heavy (non-hydrogen) atoms.